The minimum atomic E-state index is 0.860. The molecule has 1 saturated heterocycles. The number of rotatable bonds is 1. The zero-order valence-corrected chi connectivity index (χ0v) is 7.08. The van der Waals surface area contributed by atoms with Crippen molar-refractivity contribution in [1.29, 1.82) is 0 Å². The van der Waals surface area contributed by atoms with E-state index in [2.05, 4.69) is 30.5 Å². The largest absolute Gasteiger partial charge is 0.302 e. The third kappa shape index (κ3) is 2.18. The van der Waals surface area contributed by atoms with Crippen LogP contribution in [0.2, 0.25) is 0 Å². The highest BCUT2D eigenvalue weighted by atomic mass is 32.2. The van der Waals surface area contributed by atoms with E-state index in [4.69, 9.17) is 0 Å². The van der Waals surface area contributed by atoms with Gasteiger partial charge in [0, 0.05) is 24.1 Å². The Hall–Kier alpha value is 0.310. The number of hydrogen-bond acceptors (Lipinski definition) is 2. The first-order valence-electron chi connectivity index (χ1n) is 3.67. The highest BCUT2D eigenvalue weighted by molar-refractivity contribution is 7.99. The first kappa shape index (κ1) is 7.42. The summed E-state index contributed by atoms with van der Waals surface area (Å²) < 4.78 is 0. The maximum Gasteiger partial charge on any atom is 0.0147 e. The van der Waals surface area contributed by atoms with Crippen molar-refractivity contribution in [1.82, 2.24) is 4.90 Å². The normalized spacial score (nSPS) is 30.7. The van der Waals surface area contributed by atoms with E-state index in [1.807, 2.05) is 0 Å². The molecule has 0 aromatic carbocycles. The molecular weight excluding hydrogens is 130 g/mol. The third-order valence-electron chi connectivity index (χ3n) is 1.77. The lowest BCUT2D eigenvalue weighted by Gasteiger charge is -2.29. The lowest BCUT2D eigenvalue weighted by molar-refractivity contribution is 0.302. The van der Waals surface area contributed by atoms with E-state index in [-0.39, 0.29) is 0 Å². The third-order valence-corrected chi connectivity index (χ3v) is 2.91. The lowest BCUT2D eigenvalue weighted by Crippen LogP contribution is -2.36. The average molecular weight is 145 g/mol. The fourth-order valence-electron chi connectivity index (χ4n) is 1.18. The van der Waals surface area contributed by atoms with E-state index in [9.17, 15) is 0 Å². The number of thioether (sulfide) groups is 1. The quantitative estimate of drug-likeness (QED) is 0.549. The highest BCUT2D eigenvalue weighted by Crippen LogP contribution is 2.16. The molecule has 1 heterocycles. The minimum absolute atomic E-state index is 0.860. The van der Waals surface area contributed by atoms with Gasteiger partial charge in [-0.3, -0.25) is 0 Å². The summed E-state index contributed by atoms with van der Waals surface area (Å²) in [6, 6.07) is 0. The Bertz CT molecular complexity index is 85.0. The Morgan fingerprint density at radius 3 is 2.89 bits per heavy atom. The zero-order chi connectivity index (χ0) is 6.69. The van der Waals surface area contributed by atoms with E-state index >= 15 is 0 Å². The predicted octanol–water partition coefficient (Wildman–Crippen LogP) is 1.44. The maximum atomic E-state index is 2.52. The SMILES string of the molecule is CCN1CCSC(C)C1. The second-order valence-electron chi connectivity index (χ2n) is 2.57. The van der Waals surface area contributed by atoms with Crippen molar-refractivity contribution in [2.24, 2.45) is 0 Å². The van der Waals surface area contributed by atoms with Crippen LogP contribution in [0, 0.1) is 0 Å². The molecule has 0 bridgehead atoms. The standard InChI is InChI=1S/C7H15NS/c1-3-8-4-5-9-7(2)6-8/h7H,3-6H2,1-2H3. The van der Waals surface area contributed by atoms with Crippen molar-refractivity contribution in [3.8, 4) is 0 Å². The van der Waals surface area contributed by atoms with Crippen LogP contribution in [0.15, 0.2) is 0 Å². The Kier molecular flexibility index (Phi) is 2.86. The van der Waals surface area contributed by atoms with Gasteiger partial charge in [-0.25, -0.2) is 0 Å². The fraction of sp³-hybridized carbons (Fsp3) is 1.00. The van der Waals surface area contributed by atoms with Gasteiger partial charge in [0.15, 0.2) is 0 Å². The van der Waals surface area contributed by atoms with Crippen LogP contribution < -0.4 is 0 Å². The smallest absolute Gasteiger partial charge is 0.0147 e. The molecule has 1 unspecified atom stereocenters. The molecule has 1 fully saturated rings. The second kappa shape index (κ2) is 3.47. The van der Waals surface area contributed by atoms with Crippen molar-refractivity contribution in [2.45, 2.75) is 19.1 Å². The van der Waals surface area contributed by atoms with Gasteiger partial charge in [0.1, 0.15) is 0 Å². The summed E-state index contributed by atoms with van der Waals surface area (Å²) in [6.07, 6.45) is 0. The van der Waals surface area contributed by atoms with Crippen LogP contribution in [-0.4, -0.2) is 35.5 Å². The van der Waals surface area contributed by atoms with Gasteiger partial charge in [-0.2, -0.15) is 11.8 Å². The van der Waals surface area contributed by atoms with E-state index in [1.54, 1.807) is 0 Å². The first-order valence-corrected chi connectivity index (χ1v) is 4.71. The summed E-state index contributed by atoms with van der Waals surface area (Å²) in [5, 5.41) is 0.860. The summed E-state index contributed by atoms with van der Waals surface area (Å²) in [7, 11) is 0. The molecular formula is C7H15NS. The van der Waals surface area contributed by atoms with Gasteiger partial charge in [-0.15, -0.1) is 0 Å². The average Bonchev–Trinajstić information content (AvgIpc) is 1.88. The van der Waals surface area contributed by atoms with E-state index in [0.717, 1.165) is 5.25 Å². The Morgan fingerprint density at radius 1 is 1.67 bits per heavy atom. The molecule has 0 saturated carbocycles. The van der Waals surface area contributed by atoms with Gasteiger partial charge in [0.2, 0.25) is 0 Å². The van der Waals surface area contributed by atoms with Crippen LogP contribution in [0.4, 0.5) is 0 Å². The van der Waals surface area contributed by atoms with Crippen LogP contribution in [0.3, 0.4) is 0 Å². The van der Waals surface area contributed by atoms with Gasteiger partial charge < -0.3 is 4.90 Å². The van der Waals surface area contributed by atoms with E-state index in [1.165, 1.54) is 25.4 Å². The van der Waals surface area contributed by atoms with Crippen LogP contribution in [0.1, 0.15) is 13.8 Å². The summed E-state index contributed by atoms with van der Waals surface area (Å²) >= 11 is 2.10. The van der Waals surface area contributed by atoms with Crippen molar-refractivity contribution in [3.05, 3.63) is 0 Å². The molecule has 1 nitrogen and oxygen atoms in total. The molecule has 1 atom stereocenters. The molecule has 2 heteroatoms. The topological polar surface area (TPSA) is 3.24 Å². The summed E-state index contributed by atoms with van der Waals surface area (Å²) in [6.45, 7) is 8.37. The summed E-state index contributed by atoms with van der Waals surface area (Å²) in [5.74, 6) is 1.33. The van der Waals surface area contributed by atoms with Crippen LogP contribution in [0.25, 0.3) is 0 Å². The molecule has 0 N–H and O–H groups in total. The molecule has 0 aromatic rings. The monoisotopic (exact) mass is 145 g/mol. The maximum absolute atomic E-state index is 2.52. The van der Waals surface area contributed by atoms with Crippen LogP contribution in [-0.2, 0) is 0 Å². The van der Waals surface area contributed by atoms with Gasteiger partial charge >= 0.3 is 0 Å². The van der Waals surface area contributed by atoms with E-state index < -0.39 is 0 Å². The molecule has 0 radical (unpaired) electrons. The van der Waals surface area contributed by atoms with Gasteiger partial charge in [-0.05, 0) is 6.54 Å². The Morgan fingerprint density at radius 2 is 2.44 bits per heavy atom. The highest BCUT2D eigenvalue weighted by Gasteiger charge is 2.13. The Balaban J connectivity index is 2.23. The lowest BCUT2D eigenvalue weighted by atomic mass is 10.4. The predicted molar refractivity (Wildman–Crippen MR) is 44.0 cm³/mol. The van der Waals surface area contributed by atoms with Gasteiger partial charge in [-0.1, -0.05) is 13.8 Å². The van der Waals surface area contributed by atoms with E-state index in [0.29, 0.717) is 0 Å². The summed E-state index contributed by atoms with van der Waals surface area (Å²) in [5.41, 5.74) is 0. The molecule has 9 heavy (non-hydrogen) atoms. The Labute approximate surface area is 61.8 Å². The van der Waals surface area contributed by atoms with Gasteiger partial charge in [0.05, 0.1) is 0 Å². The first-order chi connectivity index (χ1) is 4.33. The fourth-order valence-corrected chi connectivity index (χ4v) is 2.26. The number of nitrogens with zero attached hydrogens (tertiary/aromatic N) is 1. The van der Waals surface area contributed by atoms with Crippen molar-refractivity contribution < 1.29 is 0 Å². The summed E-state index contributed by atoms with van der Waals surface area (Å²) in [4.78, 5) is 2.52. The molecule has 0 aromatic heterocycles. The second-order valence-corrected chi connectivity index (χ2v) is 4.12. The van der Waals surface area contributed by atoms with Crippen molar-refractivity contribution in [3.63, 3.8) is 0 Å². The number of hydrogen-bond donors (Lipinski definition) is 0. The molecule has 1 aliphatic rings. The minimum Gasteiger partial charge on any atom is -0.302 e. The molecule has 54 valence electrons. The molecule has 0 aliphatic carbocycles. The van der Waals surface area contributed by atoms with Gasteiger partial charge in [0.25, 0.3) is 0 Å². The van der Waals surface area contributed by atoms with Crippen LogP contribution in [0.5, 0.6) is 0 Å². The molecule has 0 spiro atoms. The van der Waals surface area contributed by atoms with Crippen LogP contribution >= 0.6 is 11.8 Å². The molecule has 1 rings (SSSR count). The van der Waals surface area contributed by atoms with Crippen molar-refractivity contribution in [2.75, 3.05) is 25.4 Å². The molecule has 0 amide bonds. The zero-order valence-electron chi connectivity index (χ0n) is 6.26. The van der Waals surface area contributed by atoms with Crippen molar-refractivity contribution >= 4 is 11.8 Å². The molecule has 1 aliphatic heterocycles.